The second-order valence-corrected chi connectivity index (χ2v) is 33.3. The fraction of sp³-hybridized carbons (Fsp3) is 0.547. The monoisotopic (exact) mass is 1050 g/mol. The Kier molecular flexibility index (Phi) is 11.2. The maximum Gasteiger partial charge on any atom is 0.292 e. The van der Waals surface area contributed by atoms with Crippen molar-refractivity contribution < 1.29 is 4.42 Å². The second-order valence-electron chi connectivity index (χ2n) is 33.3. The van der Waals surface area contributed by atoms with E-state index in [9.17, 15) is 0 Å². The lowest BCUT2D eigenvalue weighted by molar-refractivity contribution is 0.0326. The van der Waals surface area contributed by atoms with E-state index >= 15 is 0 Å². The number of benzene rings is 4. The predicted molar refractivity (Wildman–Crippen MR) is 339 cm³/mol. The minimum atomic E-state index is -0.0647. The van der Waals surface area contributed by atoms with Crippen LogP contribution in [0, 0.1) is 22.7 Å². The zero-order valence-corrected chi connectivity index (χ0v) is 52.6. The zero-order chi connectivity index (χ0) is 56.5. The molecule has 1 aromatic heterocycles. The highest BCUT2D eigenvalue weighted by molar-refractivity contribution is 6.93. The van der Waals surface area contributed by atoms with Gasteiger partial charge in [0.15, 0.2) is 0 Å². The Morgan fingerprint density at radius 1 is 0.570 bits per heavy atom. The van der Waals surface area contributed by atoms with Crippen molar-refractivity contribution in [3.63, 3.8) is 0 Å². The van der Waals surface area contributed by atoms with Crippen LogP contribution in [0.5, 0.6) is 0 Å². The molecule has 6 aliphatic carbocycles. The molecule has 414 valence electrons. The quantitative estimate of drug-likeness (QED) is 0.168. The summed E-state index contributed by atoms with van der Waals surface area (Å²) >= 11 is 0. The summed E-state index contributed by atoms with van der Waals surface area (Å²) in [5.74, 6) is 0.909. The molecule has 3 atom stereocenters. The van der Waals surface area contributed by atoms with Crippen molar-refractivity contribution in [2.75, 3.05) is 9.80 Å². The van der Waals surface area contributed by atoms with E-state index in [-0.39, 0.29) is 61.5 Å². The summed E-state index contributed by atoms with van der Waals surface area (Å²) in [7, 11) is 0. The second kappa shape index (κ2) is 16.6. The van der Waals surface area contributed by atoms with Gasteiger partial charge in [-0.15, -0.1) is 0 Å². The molecule has 8 aliphatic rings. The summed E-state index contributed by atoms with van der Waals surface area (Å²) in [6.07, 6.45) is 21.0. The molecule has 4 aromatic carbocycles. The number of rotatable bonds is 3. The number of furan rings is 1. The van der Waals surface area contributed by atoms with Crippen molar-refractivity contribution in [3.05, 3.63) is 146 Å². The molecule has 0 amide bonds. The summed E-state index contributed by atoms with van der Waals surface area (Å²) in [6, 6.07) is 25.5. The van der Waals surface area contributed by atoms with E-state index in [0.717, 1.165) is 30.5 Å². The third kappa shape index (κ3) is 7.83. The van der Waals surface area contributed by atoms with Crippen molar-refractivity contribution in [2.24, 2.45) is 22.7 Å². The molecule has 79 heavy (non-hydrogen) atoms. The van der Waals surface area contributed by atoms with Gasteiger partial charge in [-0.2, -0.15) is 0 Å². The molecule has 0 spiro atoms. The van der Waals surface area contributed by atoms with Crippen LogP contribution < -0.4 is 20.9 Å². The van der Waals surface area contributed by atoms with Crippen LogP contribution in [0.1, 0.15) is 235 Å². The number of anilines is 3. The fourth-order valence-corrected chi connectivity index (χ4v) is 17.3. The molecule has 2 aliphatic heterocycles. The van der Waals surface area contributed by atoms with Gasteiger partial charge in [-0.05, 0) is 223 Å². The summed E-state index contributed by atoms with van der Waals surface area (Å²) in [5.41, 5.74) is 26.9. The van der Waals surface area contributed by atoms with E-state index in [0.29, 0.717) is 11.8 Å². The highest BCUT2D eigenvalue weighted by Gasteiger charge is 2.55. The van der Waals surface area contributed by atoms with Crippen molar-refractivity contribution in [1.82, 2.24) is 0 Å². The third-order valence-corrected chi connectivity index (χ3v) is 23.1. The molecular formula is C75H95BN2O. The first-order chi connectivity index (χ1) is 36.6. The van der Waals surface area contributed by atoms with Crippen molar-refractivity contribution in [3.8, 4) is 11.1 Å². The Balaban J connectivity index is 1.18. The van der Waals surface area contributed by atoms with Gasteiger partial charge in [-0.3, -0.25) is 0 Å². The Labute approximate surface area is 477 Å². The standard InChI is InChI=1S/C75H95BN2O/c1-44-36-60-64-61(37-44)78(58-42-55-53(71(11,12)30-32-73(55,15)16)40-48(58)47-22-21-23-51-63(47)75(19,20)35-34-69(51,7)8)59-43-56-54(72(13,14)31-33-74(56,17)18)41-57(59)76(64)66-65(49-38-45(67(2,3)4)24-27-62(49)79-66)77(60)46-25-26-50-52(39-46)70(9,10)29-28-68(50,5)6/h21-27,37-43,50,52,60H,28-36H2,1-20H3. The number of fused-ring (bicyclic) bond motifs is 10. The van der Waals surface area contributed by atoms with Crippen molar-refractivity contribution >= 4 is 45.9 Å². The Morgan fingerprint density at radius 3 is 1.75 bits per heavy atom. The lowest BCUT2D eigenvalue weighted by Crippen LogP contribution is -2.62. The van der Waals surface area contributed by atoms with Gasteiger partial charge in [0.25, 0.3) is 6.71 Å². The van der Waals surface area contributed by atoms with Crippen molar-refractivity contribution in [2.45, 2.75) is 240 Å². The van der Waals surface area contributed by atoms with Gasteiger partial charge >= 0.3 is 0 Å². The van der Waals surface area contributed by atoms with E-state index in [1.54, 1.807) is 5.56 Å². The van der Waals surface area contributed by atoms with Gasteiger partial charge in [-0.1, -0.05) is 180 Å². The molecule has 0 saturated heterocycles. The number of hydrogen-bond acceptors (Lipinski definition) is 3. The third-order valence-electron chi connectivity index (χ3n) is 23.1. The molecule has 3 nitrogen and oxygen atoms in total. The fourth-order valence-electron chi connectivity index (χ4n) is 17.3. The zero-order valence-electron chi connectivity index (χ0n) is 52.6. The SMILES string of the molecule is CC1=CC2=C3B(c4cc5c(cc4N2c2cc4c(cc2-c2cccc6c2C(C)(C)CCC6(C)C)C(C)(C)CCC4(C)C)C(C)(C)CCC5(C)C)c2oc4ccc(C(C)(C)C)cc4c2N(C2=CC4C(C=C2)C(C)(C)CCC4(C)C)C3C1. The number of nitrogens with zero attached hydrogens (tertiary/aromatic N) is 2. The van der Waals surface area contributed by atoms with Crippen LogP contribution in [0.15, 0.2) is 112 Å². The van der Waals surface area contributed by atoms with E-state index < -0.39 is 0 Å². The largest absolute Gasteiger partial charge is 0.468 e. The first-order valence-corrected chi connectivity index (χ1v) is 31.1. The molecule has 1 saturated carbocycles. The van der Waals surface area contributed by atoms with Crippen LogP contribution in [-0.4, -0.2) is 12.8 Å². The summed E-state index contributed by atoms with van der Waals surface area (Å²) in [6.45, 7) is 49.9. The topological polar surface area (TPSA) is 19.6 Å². The molecule has 3 unspecified atom stereocenters. The summed E-state index contributed by atoms with van der Waals surface area (Å²) in [4.78, 5) is 5.70. The molecule has 13 rings (SSSR count). The number of hydrogen-bond donors (Lipinski definition) is 0. The highest BCUT2D eigenvalue weighted by atomic mass is 16.3. The van der Waals surface area contributed by atoms with E-state index in [1.807, 2.05) is 0 Å². The molecule has 0 N–H and O–H groups in total. The molecule has 0 bridgehead atoms. The maximum absolute atomic E-state index is 7.71. The van der Waals surface area contributed by atoms with Crippen LogP contribution >= 0.6 is 0 Å². The average molecular weight is 1050 g/mol. The van der Waals surface area contributed by atoms with Gasteiger partial charge in [0, 0.05) is 28.0 Å². The first-order valence-electron chi connectivity index (χ1n) is 31.1. The van der Waals surface area contributed by atoms with Crippen LogP contribution in [0.25, 0.3) is 22.1 Å². The first kappa shape index (κ1) is 53.4. The van der Waals surface area contributed by atoms with Gasteiger partial charge in [0.2, 0.25) is 0 Å². The Hall–Kier alpha value is -4.96. The van der Waals surface area contributed by atoms with Gasteiger partial charge in [0.1, 0.15) is 5.58 Å². The summed E-state index contributed by atoms with van der Waals surface area (Å²) < 4.78 is 7.71. The smallest absolute Gasteiger partial charge is 0.292 e. The normalized spacial score (nSPS) is 26.7. The van der Waals surface area contributed by atoms with E-state index in [2.05, 4.69) is 233 Å². The van der Waals surface area contributed by atoms with Crippen LogP contribution in [0.3, 0.4) is 0 Å². The number of allylic oxidation sites excluding steroid dienone is 4. The molecule has 3 heterocycles. The van der Waals surface area contributed by atoms with E-state index in [1.165, 1.54) is 133 Å². The molecule has 0 radical (unpaired) electrons. The maximum atomic E-state index is 7.71. The lowest BCUT2D eigenvalue weighted by Gasteiger charge is -2.54. The van der Waals surface area contributed by atoms with Crippen LogP contribution in [0.4, 0.5) is 17.1 Å². The van der Waals surface area contributed by atoms with E-state index in [4.69, 9.17) is 4.42 Å². The summed E-state index contributed by atoms with van der Waals surface area (Å²) in [5, 5.41) is 1.25. The average Bonchev–Trinajstić information content (AvgIpc) is 3.08. The molecular weight excluding hydrogens is 956 g/mol. The molecule has 5 aromatic rings. The minimum Gasteiger partial charge on any atom is -0.468 e. The van der Waals surface area contributed by atoms with Gasteiger partial charge in [0.05, 0.1) is 23.1 Å². The minimum absolute atomic E-state index is 0.00698. The predicted octanol–water partition coefficient (Wildman–Crippen LogP) is 19.1. The van der Waals surface area contributed by atoms with Crippen molar-refractivity contribution in [1.29, 1.82) is 0 Å². The Bertz CT molecular complexity index is 3580. The van der Waals surface area contributed by atoms with Crippen LogP contribution in [-0.2, 0) is 37.9 Å². The molecule has 1 fully saturated rings. The van der Waals surface area contributed by atoms with Gasteiger partial charge < -0.3 is 14.2 Å². The van der Waals surface area contributed by atoms with Crippen LogP contribution in [0.2, 0.25) is 0 Å². The Morgan fingerprint density at radius 2 is 1.13 bits per heavy atom. The molecule has 4 heteroatoms. The van der Waals surface area contributed by atoms with Gasteiger partial charge in [-0.25, -0.2) is 0 Å². The lowest BCUT2D eigenvalue weighted by atomic mass is 9.33. The highest BCUT2D eigenvalue weighted by Crippen LogP contribution is 2.60.